The third-order valence-electron chi connectivity index (χ3n) is 1.50. The van der Waals surface area contributed by atoms with Gasteiger partial charge in [-0.05, 0) is 0 Å². The Morgan fingerprint density at radius 2 is 1.24 bits per heavy atom. The Kier molecular flexibility index (Phi) is 25.2. The predicted octanol–water partition coefficient (Wildman–Crippen LogP) is -15.2. The van der Waals surface area contributed by atoms with Crippen molar-refractivity contribution in [1.82, 2.24) is 0 Å². The zero-order valence-corrected chi connectivity index (χ0v) is 12.4. The second-order valence-electron chi connectivity index (χ2n) is 2.90. The van der Waals surface area contributed by atoms with E-state index in [1.807, 2.05) is 0 Å². The molecule has 0 aromatic heterocycles. The summed E-state index contributed by atoms with van der Waals surface area (Å²) in [6.07, 6.45) is -8.08. The minimum atomic E-state index is -5.17. The molecule has 0 aliphatic rings. The van der Waals surface area contributed by atoms with Crippen LogP contribution in [0.2, 0.25) is 0 Å². The molecular formula is C6H11Li3O11S. The summed E-state index contributed by atoms with van der Waals surface area (Å²) in [5.41, 5.74) is 0. The van der Waals surface area contributed by atoms with E-state index in [4.69, 9.17) is 43.1 Å². The molecule has 0 rings (SSSR count). The van der Waals surface area contributed by atoms with Crippen molar-refractivity contribution in [3.8, 4) is 0 Å². The number of aliphatic hydroxyl groups excluding tert-OH is 5. The number of carbonyl (C=O) groups excluding carboxylic acids is 1. The minimum absolute atomic E-state index is 0. The summed E-state index contributed by atoms with van der Waals surface area (Å²) in [6.45, 7) is -0.863. The van der Waals surface area contributed by atoms with E-state index in [0.29, 0.717) is 0 Å². The molecule has 0 aliphatic heterocycles. The molecule has 0 saturated heterocycles. The molecule has 0 heterocycles. The Bertz CT molecular complexity index is 342. The van der Waals surface area contributed by atoms with Gasteiger partial charge in [0.25, 0.3) is 0 Å². The maximum Gasteiger partial charge on any atom is 1.00 e. The van der Waals surface area contributed by atoms with Gasteiger partial charge in [-0.2, -0.15) is 0 Å². The number of rotatable bonds is 5. The number of aliphatic carboxylic acids is 1. The molecule has 21 heavy (non-hydrogen) atoms. The first-order valence-electron chi connectivity index (χ1n) is 4.12. The zero-order valence-electron chi connectivity index (χ0n) is 11.6. The second-order valence-corrected chi connectivity index (χ2v) is 3.72. The van der Waals surface area contributed by atoms with Crippen LogP contribution in [-0.4, -0.2) is 80.0 Å². The van der Waals surface area contributed by atoms with Crippen molar-refractivity contribution in [2.75, 3.05) is 6.61 Å². The van der Waals surface area contributed by atoms with Crippen LogP contribution in [0.1, 0.15) is 0 Å². The van der Waals surface area contributed by atoms with Crippen molar-refractivity contribution < 1.29 is 110 Å². The molecular weight excluding hydrogens is 301 g/mol. The van der Waals surface area contributed by atoms with Gasteiger partial charge in [0.1, 0.15) is 24.4 Å². The van der Waals surface area contributed by atoms with Crippen LogP contribution in [0, 0.1) is 0 Å². The van der Waals surface area contributed by atoms with Gasteiger partial charge in [-0.15, -0.1) is 0 Å². The Morgan fingerprint density at radius 1 is 0.952 bits per heavy atom. The van der Waals surface area contributed by atoms with Gasteiger partial charge >= 0.3 is 56.6 Å². The molecule has 0 radical (unpaired) electrons. The van der Waals surface area contributed by atoms with Crippen LogP contribution in [0.5, 0.6) is 0 Å². The van der Waals surface area contributed by atoms with Crippen LogP contribution in [0.4, 0.5) is 0 Å². The van der Waals surface area contributed by atoms with Crippen molar-refractivity contribution in [2.24, 2.45) is 0 Å². The summed E-state index contributed by atoms with van der Waals surface area (Å²) in [5.74, 6) is -1.98. The number of carbonyl (C=O) groups is 1. The molecule has 0 spiro atoms. The number of hydrogen-bond donors (Lipinski definition) is 5. The van der Waals surface area contributed by atoms with Crippen LogP contribution in [0.25, 0.3) is 0 Å². The topological polar surface area (TPSA) is 222 Å². The quantitative estimate of drug-likeness (QED) is 0.182. The Hall–Kier alpha value is 0.932. The minimum Gasteiger partial charge on any atom is -0.759 e. The fourth-order valence-corrected chi connectivity index (χ4v) is 0.662. The molecule has 0 amide bonds. The molecule has 0 bridgehead atoms. The first-order chi connectivity index (χ1) is 7.91. The van der Waals surface area contributed by atoms with E-state index in [1.54, 1.807) is 0 Å². The van der Waals surface area contributed by atoms with E-state index in [0.717, 1.165) is 0 Å². The van der Waals surface area contributed by atoms with Gasteiger partial charge in [0.2, 0.25) is 0 Å². The van der Waals surface area contributed by atoms with Crippen LogP contribution in [0.15, 0.2) is 0 Å². The van der Waals surface area contributed by atoms with Crippen LogP contribution < -0.4 is 61.7 Å². The van der Waals surface area contributed by atoms with E-state index < -0.39 is 47.4 Å². The predicted molar refractivity (Wildman–Crippen MR) is 46.6 cm³/mol. The molecule has 0 aromatic rings. The zero-order chi connectivity index (χ0) is 15.1. The van der Waals surface area contributed by atoms with Gasteiger partial charge < -0.3 is 44.5 Å². The standard InChI is InChI=1S/C6H12O7.3Li.H2O4S/c7-1-2(8)3(9)4(10)5(11)6(12)13;;;;1-5(2,3)4/h2-5,7-11H,1H2,(H,12,13);;;;(H2,1,2,3,4)/q;3*+1;/p-3. The van der Waals surface area contributed by atoms with Crippen molar-refractivity contribution in [2.45, 2.75) is 24.4 Å². The summed E-state index contributed by atoms with van der Waals surface area (Å²) >= 11 is 0. The Morgan fingerprint density at radius 3 is 1.43 bits per heavy atom. The average molecular weight is 312 g/mol. The van der Waals surface area contributed by atoms with E-state index >= 15 is 0 Å². The fourth-order valence-electron chi connectivity index (χ4n) is 0.662. The molecule has 0 aliphatic carbocycles. The number of carboxylic acid groups (broad SMARTS) is 1. The summed E-state index contributed by atoms with van der Waals surface area (Å²) < 4.78 is 34.1. The molecule has 4 unspecified atom stereocenters. The normalized spacial score (nSPS) is 15.4. The fraction of sp³-hybridized carbons (Fsp3) is 0.833. The molecule has 0 saturated carbocycles. The van der Waals surface area contributed by atoms with Gasteiger partial charge in [-0.25, -0.2) is 0 Å². The largest absolute Gasteiger partial charge is 1.00 e. The van der Waals surface area contributed by atoms with E-state index in [1.165, 1.54) is 0 Å². The average Bonchev–Trinajstić information content (AvgIpc) is 2.22. The summed E-state index contributed by atoms with van der Waals surface area (Å²) in [5, 5.41) is 53.4. The van der Waals surface area contributed by atoms with Gasteiger partial charge in [-0.1, -0.05) is 0 Å². The number of carboxylic acids is 1. The molecule has 4 atom stereocenters. The van der Waals surface area contributed by atoms with E-state index in [-0.39, 0.29) is 56.6 Å². The summed E-state index contributed by atoms with van der Waals surface area (Å²) in [7, 11) is -5.17. The van der Waals surface area contributed by atoms with E-state index in [9.17, 15) is 9.90 Å². The molecule has 110 valence electrons. The van der Waals surface area contributed by atoms with E-state index in [2.05, 4.69) is 0 Å². The van der Waals surface area contributed by atoms with Crippen LogP contribution in [0.3, 0.4) is 0 Å². The third-order valence-corrected chi connectivity index (χ3v) is 1.50. The van der Waals surface area contributed by atoms with Crippen LogP contribution >= 0.6 is 0 Å². The molecule has 0 aromatic carbocycles. The van der Waals surface area contributed by atoms with Crippen LogP contribution in [-0.2, 0) is 15.2 Å². The number of aliphatic hydroxyl groups is 5. The first kappa shape index (κ1) is 33.5. The SMILES string of the molecule is O=C([O-])C(O)C(O)C(O)C(O)CO.O=S(=O)([O-])[O-].[Li+].[Li+].[Li+]. The van der Waals surface area contributed by atoms with Gasteiger partial charge in [0.05, 0.1) is 12.6 Å². The van der Waals surface area contributed by atoms with Crippen molar-refractivity contribution in [1.29, 1.82) is 0 Å². The van der Waals surface area contributed by atoms with Crippen molar-refractivity contribution >= 4 is 16.4 Å². The van der Waals surface area contributed by atoms with Crippen molar-refractivity contribution in [3.05, 3.63) is 0 Å². The Balaban J connectivity index is -0.0000000933. The molecule has 0 fully saturated rings. The third kappa shape index (κ3) is 20.9. The molecule has 15 heteroatoms. The summed E-state index contributed by atoms with van der Waals surface area (Å²) in [4.78, 5) is 9.98. The van der Waals surface area contributed by atoms with Gasteiger partial charge in [-0.3, -0.25) is 8.42 Å². The molecule has 11 nitrogen and oxygen atoms in total. The van der Waals surface area contributed by atoms with Crippen molar-refractivity contribution in [3.63, 3.8) is 0 Å². The second kappa shape index (κ2) is 15.8. The monoisotopic (exact) mass is 312 g/mol. The van der Waals surface area contributed by atoms with Gasteiger partial charge in [0.15, 0.2) is 0 Å². The smallest absolute Gasteiger partial charge is 0.759 e. The maximum absolute atomic E-state index is 9.98. The van der Waals surface area contributed by atoms with Gasteiger partial charge in [0, 0.05) is 10.4 Å². The summed E-state index contributed by atoms with van der Waals surface area (Å²) in [6, 6.07) is 0. The first-order valence-corrected chi connectivity index (χ1v) is 5.45. The maximum atomic E-state index is 9.98. The Labute approximate surface area is 156 Å². The number of hydrogen-bond acceptors (Lipinski definition) is 11. The molecule has 5 N–H and O–H groups in total.